The van der Waals surface area contributed by atoms with Crippen molar-refractivity contribution in [3.63, 3.8) is 0 Å². The number of aromatic nitrogens is 2. The van der Waals surface area contributed by atoms with Crippen molar-refractivity contribution in [2.45, 2.75) is 52.7 Å². The monoisotopic (exact) mass is 312 g/mol. The predicted octanol–water partition coefficient (Wildman–Crippen LogP) is 1.49. The molecule has 1 aliphatic heterocycles. The van der Waals surface area contributed by atoms with Crippen LogP contribution in [0.2, 0.25) is 5.02 Å². The first-order valence-corrected chi connectivity index (χ1v) is 7.46. The van der Waals surface area contributed by atoms with E-state index in [1.54, 1.807) is 23.4 Å². The first kappa shape index (κ1) is 15.8. The van der Waals surface area contributed by atoms with Crippen LogP contribution in [0.4, 0.5) is 0 Å². The molecular weight excluding hydrogens is 292 g/mol. The van der Waals surface area contributed by atoms with E-state index in [1.165, 1.54) is 0 Å². The third-order valence-electron chi connectivity index (χ3n) is 3.68. The highest BCUT2D eigenvalue weighted by molar-refractivity contribution is 6.31. The number of halogens is 1. The van der Waals surface area contributed by atoms with Crippen molar-refractivity contribution in [1.82, 2.24) is 20.0 Å². The first-order valence-electron chi connectivity index (χ1n) is 7.08. The van der Waals surface area contributed by atoms with Gasteiger partial charge in [0.15, 0.2) is 0 Å². The molecule has 1 fully saturated rings. The predicted molar refractivity (Wildman–Crippen MR) is 79.9 cm³/mol. The molecule has 0 spiro atoms. The Morgan fingerprint density at radius 3 is 2.67 bits per heavy atom. The number of hydrogen-bond donors (Lipinski definition) is 1. The molecule has 1 N–H and O–H groups in total. The third-order valence-corrected chi connectivity index (χ3v) is 4.17. The molecule has 1 aromatic rings. The lowest BCUT2D eigenvalue weighted by atomic mass is 10.0. The van der Waals surface area contributed by atoms with E-state index in [1.807, 2.05) is 13.8 Å². The molecule has 0 atom stereocenters. The van der Waals surface area contributed by atoms with Crippen molar-refractivity contribution >= 4 is 23.4 Å². The van der Waals surface area contributed by atoms with E-state index in [-0.39, 0.29) is 11.8 Å². The Labute approximate surface area is 129 Å². The summed E-state index contributed by atoms with van der Waals surface area (Å²) in [7, 11) is 0. The van der Waals surface area contributed by atoms with Gasteiger partial charge in [0.25, 0.3) is 0 Å². The van der Waals surface area contributed by atoms with Crippen LogP contribution < -0.4 is 5.32 Å². The zero-order valence-electron chi connectivity index (χ0n) is 12.9. The SMILES string of the molecule is CCn1nc(C)c(Cl)c1CN1CCC(=O)NC(C)(C)C1=O. The van der Waals surface area contributed by atoms with Crippen molar-refractivity contribution in [3.05, 3.63) is 16.4 Å². The summed E-state index contributed by atoms with van der Waals surface area (Å²) in [6.45, 7) is 8.70. The normalized spacial score (nSPS) is 18.6. The van der Waals surface area contributed by atoms with Gasteiger partial charge in [0.2, 0.25) is 11.8 Å². The van der Waals surface area contributed by atoms with Crippen LogP contribution >= 0.6 is 11.6 Å². The molecule has 0 bridgehead atoms. The zero-order chi connectivity index (χ0) is 15.8. The van der Waals surface area contributed by atoms with Crippen molar-refractivity contribution < 1.29 is 9.59 Å². The van der Waals surface area contributed by atoms with Gasteiger partial charge in [-0.3, -0.25) is 14.3 Å². The van der Waals surface area contributed by atoms with Crippen LogP contribution in [0.15, 0.2) is 0 Å². The Balaban J connectivity index is 2.30. The zero-order valence-corrected chi connectivity index (χ0v) is 13.6. The summed E-state index contributed by atoms with van der Waals surface area (Å²) in [5.74, 6) is -0.215. The Bertz CT molecular complexity index is 580. The number of nitrogens with one attached hydrogen (secondary N) is 1. The van der Waals surface area contributed by atoms with Crippen molar-refractivity contribution in [2.75, 3.05) is 6.54 Å². The molecule has 0 aromatic carbocycles. The molecule has 0 radical (unpaired) electrons. The lowest BCUT2D eigenvalue weighted by Gasteiger charge is -2.29. The molecule has 1 aromatic heterocycles. The molecular formula is C14H21ClN4O2. The van der Waals surface area contributed by atoms with Crippen molar-refractivity contribution in [1.29, 1.82) is 0 Å². The quantitative estimate of drug-likeness (QED) is 0.919. The molecule has 0 saturated carbocycles. The number of aryl methyl sites for hydroxylation is 2. The molecule has 21 heavy (non-hydrogen) atoms. The second-order valence-corrected chi connectivity index (χ2v) is 6.19. The molecule has 0 aliphatic carbocycles. The molecule has 2 amide bonds. The highest BCUT2D eigenvalue weighted by Gasteiger charge is 2.37. The molecule has 2 heterocycles. The minimum absolute atomic E-state index is 0.106. The van der Waals surface area contributed by atoms with Crippen LogP contribution in [0.1, 0.15) is 38.6 Å². The van der Waals surface area contributed by atoms with Gasteiger partial charge in [0.05, 0.1) is 23.0 Å². The highest BCUT2D eigenvalue weighted by atomic mass is 35.5. The third kappa shape index (κ3) is 3.05. The lowest BCUT2D eigenvalue weighted by Crippen LogP contribution is -2.52. The van der Waals surface area contributed by atoms with Crippen LogP contribution in [-0.2, 0) is 22.7 Å². The summed E-state index contributed by atoms with van der Waals surface area (Å²) in [4.78, 5) is 25.9. The van der Waals surface area contributed by atoms with E-state index in [0.717, 1.165) is 11.4 Å². The largest absolute Gasteiger partial charge is 0.342 e. The second-order valence-electron chi connectivity index (χ2n) is 5.81. The summed E-state index contributed by atoms with van der Waals surface area (Å²) in [6.07, 6.45) is 0.298. The molecule has 116 valence electrons. The van der Waals surface area contributed by atoms with Gasteiger partial charge in [-0.1, -0.05) is 11.6 Å². The molecule has 2 rings (SSSR count). The number of hydrogen-bond acceptors (Lipinski definition) is 3. The summed E-state index contributed by atoms with van der Waals surface area (Å²) in [6, 6.07) is 0. The molecule has 1 aliphatic rings. The van der Waals surface area contributed by atoms with E-state index in [9.17, 15) is 9.59 Å². The van der Waals surface area contributed by atoms with Crippen LogP contribution in [0.5, 0.6) is 0 Å². The summed E-state index contributed by atoms with van der Waals surface area (Å²) < 4.78 is 1.80. The average molecular weight is 313 g/mol. The van der Waals surface area contributed by atoms with Gasteiger partial charge in [-0.2, -0.15) is 5.10 Å². The van der Waals surface area contributed by atoms with Gasteiger partial charge >= 0.3 is 0 Å². The molecule has 7 heteroatoms. The fourth-order valence-corrected chi connectivity index (χ4v) is 2.74. The van der Waals surface area contributed by atoms with Gasteiger partial charge in [0.1, 0.15) is 5.54 Å². The van der Waals surface area contributed by atoms with E-state index < -0.39 is 5.54 Å². The van der Waals surface area contributed by atoms with Crippen LogP contribution in [-0.4, -0.2) is 38.6 Å². The number of rotatable bonds is 3. The standard InChI is InChI=1S/C14H21ClN4O2/c1-5-19-10(12(15)9(2)17-19)8-18-7-6-11(20)16-14(3,4)13(18)21/h5-8H2,1-4H3,(H,16,20). The lowest BCUT2D eigenvalue weighted by molar-refractivity contribution is -0.137. The van der Waals surface area contributed by atoms with Crippen molar-refractivity contribution in [3.8, 4) is 0 Å². The van der Waals surface area contributed by atoms with Crippen LogP contribution in [0.3, 0.4) is 0 Å². The molecule has 6 nitrogen and oxygen atoms in total. The number of carbonyl (C=O) groups is 2. The van der Waals surface area contributed by atoms with Gasteiger partial charge in [-0.15, -0.1) is 0 Å². The Morgan fingerprint density at radius 1 is 1.38 bits per heavy atom. The maximum atomic E-state index is 12.6. The van der Waals surface area contributed by atoms with Crippen LogP contribution in [0, 0.1) is 6.92 Å². The number of nitrogens with zero attached hydrogens (tertiary/aromatic N) is 3. The highest BCUT2D eigenvalue weighted by Crippen LogP contribution is 2.24. The summed E-state index contributed by atoms with van der Waals surface area (Å²) >= 11 is 6.30. The maximum absolute atomic E-state index is 12.6. The van der Waals surface area contributed by atoms with Gasteiger partial charge in [-0.25, -0.2) is 0 Å². The van der Waals surface area contributed by atoms with Gasteiger partial charge in [0, 0.05) is 19.5 Å². The Morgan fingerprint density at radius 2 is 2.05 bits per heavy atom. The fraction of sp³-hybridized carbons (Fsp3) is 0.643. The van der Waals surface area contributed by atoms with E-state index >= 15 is 0 Å². The minimum atomic E-state index is -0.897. The van der Waals surface area contributed by atoms with E-state index in [2.05, 4.69) is 10.4 Å². The summed E-state index contributed by atoms with van der Waals surface area (Å²) in [5, 5.41) is 7.69. The topological polar surface area (TPSA) is 67.2 Å². The van der Waals surface area contributed by atoms with E-state index in [0.29, 0.717) is 31.1 Å². The van der Waals surface area contributed by atoms with E-state index in [4.69, 9.17) is 11.6 Å². The average Bonchev–Trinajstić information content (AvgIpc) is 2.63. The van der Waals surface area contributed by atoms with Gasteiger partial charge in [-0.05, 0) is 27.7 Å². The summed E-state index contributed by atoms with van der Waals surface area (Å²) in [5.41, 5.74) is 0.672. The minimum Gasteiger partial charge on any atom is -0.342 e. The Kier molecular flexibility index (Phi) is 4.27. The smallest absolute Gasteiger partial charge is 0.248 e. The fourth-order valence-electron chi connectivity index (χ4n) is 2.55. The van der Waals surface area contributed by atoms with Gasteiger partial charge < -0.3 is 10.2 Å². The maximum Gasteiger partial charge on any atom is 0.248 e. The second kappa shape index (κ2) is 5.67. The number of carbonyl (C=O) groups excluding carboxylic acids is 2. The number of amides is 2. The van der Waals surface area contributed by atoms with Crippen molar-refractivity contribution in [2.24, 2.45) is 0 Å². The Hall–Kier alpha value is -1.56. The molecule has 1 saturated heterocycles. The van der Waals surface area contributed by atoms with Crippen LogP contribution in [0.25, 0.3) is 0 Å². The first-order chi connectivity index (χ1) is 9.76. The molecule has 0 unspecified atom stereocenters.